The Labute approximate surface area is 144 Å². The highest BCUT2D eigenvalue weighted by Crippen LogP contribution is 2.35. The SMILES string of the molecule is CCCN(CCOc1c(Cl)cc(Cl)cc1Cl)C(=O)NC(C)=O. The van der Waals surface area contributed by atoms with Gasteiger partial charge in [-0.3, -0.25) is 10.1 Å². The first-order valence-electron chi connectivity index (χ1n) is 6.69. The molecule has 3 amide bonds. The lowest BCUT2D eigenvalue weighted by atomic mass is 10.3. The molecule has 1 aromatic carbocycles. The predicted molar refractivity (Wildman–Crippen MR) is 88.0 cm³/mol. The van der Waals surface area contributed by atoms with Crippen molar-refractivity contribution in [1.82, 2.24) is 10.2 Å². The summed E-state index contributed by atoms with van der Waals surface area (Å²) in [6.07, 6.45) is 0.758. The van der Waals surface area contributed by atoms with Crippen LogP contribution in [0.5, 0.6) is 5.75 Å². The highest BCUT2D eigenvalue weighted by atomic mass is 35.5. The fourth-order valence-electron chi connectivity index (χ4n) is 1.74. The largest absolute Gasteiger partial charge is 0.489 e. The van der Waals surface area contributed by atoms with Crippen LogP contribution in [-0.4, -0.2) is 36.5 Å². The molecule has 0 unspecified atom stereocenters. The van der Waals surface area contributed by atoms with Crippen molar-refractivity contribution in [3.63, 3.8) is 0 Å². The normalized spacial score (nSPS) is 10.2. The monoisotopic (exact) mass is 366 g/mol. The Morgan fingerprint density at radius 2 is 1.77 bits per heavy atom. The minimum absolute atomic E-state index is 0.187. The van der Waals surface area contributed by atoms with Crippen LogP contribution >= 0.6 is 34.8 Å². The van der Waals surface area contributed by atoms with E-state index in [1.165, 1.54) is 24.0 Å². The topological polar surface area (TPSA) is 58.6 Å². The molecule has 0 aliphatic carbocycles. The van der Waals surface area contributed by atoms with Gasteiger partial charge in [-0.2, -0.15) is 0 Å². The van der Waals surface area contributed by atoms with Crippen molar-refractivity contribution in [2.24, 2.45) is 0 Å². The summed E-state index contributed by atoms with van der Waals surface area (Å²) in [5.74, 6) is -0.0908. The first kappa shape index (κ1) is 18.9. The molecule has 0 saturated heterocycles. The van der Waals surface area contributed by atoms with E-state index >= 15 is 0 Å². The van der Waals surface area contributed by atoms with Gasteiger partial charge in [-0.1, -0.05) is 41.7 Å². The molecule has 1 rings (SSSR count). The van der Waals surface area contributed by atoms with Crippen LogP contribution < -0.4 is 10.1 Å². The van der Waals surface area contributed by atoms with Gasteiger partial charge >= 0.3 is 6.03 Å². The summed E-state index contributed by atoms with van der Waals surface area (Å²) < 4.78 is 5.53. The van der Waals surface area contributed by atoms with E-state index in [-0.39, 0.29) is 6.61 Å². The second kappa shape index (κ2) is 9.08. The molecule has 5 nitrogen and oxygen atoms in total. The number of amides is 3. The van der Waals surface area contributed by atoms with Crippen LogP contribution in [0.25, 0.3) is 0 Å². The Kier molecular flexibility index (Phi) is 7.79. The van der Waals surface area contributed by atoms with Gasteiger partial charge in [-0.05, 0) is 18.6 Å². The smallest absolute Gasteiger partial charge is 0.324 e. The van der Waals surface area contributed by atoms with Gasteiger partial charge in [0.1, 0.15) is 6.61 Å². The number of nitrogens with zero attached hydrogens (tertiary/aromatic N) is 1. The fourth-order valence-corrected chi connectivity index (χ4v) is 2.67. The third kappa shape index (κ3) is 5.91. The van der Waals surface area contributed by atoms with Crippen LogP contribution in [0.2, 0.25) is 15.1 Å². The number of imide groups is 1. The molecular weight excluding hydrogens is 351 g/mol. The molecule has 0 bridgehead atoms. The second-order valence-electron chi connectivity index (χ2n) is 4.52. The van der Waals surface area contributed by atoms with Crippen LogP contribution in [0, 0.1) is 0 Å². The van der Waals surface area contributed by atoms with E-state index in [0.29, 0.717) is 33.9 Å². The summed E-state index contributed by atoms with van der Waals surface area (Å²) in [5.41, 5.74) is 0. The van der Waals surface area contributed by atoms with Crippen molar-refractivity contribution >= 4 is 46.7 Å². The van der Waals surface area contributed by atoms with Gasteiger partial charge in [-0.25, -0.2) is 4.79 Å². The predicted octanol–water partition coefficient (Wildman–Crippen LogP) is 3.99. The van der Waals surface area contributed by atoms with E-state index in [2.05, 4.69) is 5.32 Å². The molecule has 0 aliphatic rings. The van der Waals surface area contributed by atoms with Gasteiger partial charge in [0, 0.05) is 18.5 Å². The number of nitrogens with one attached hydrogen (secondary N) is 1. The Bertz CT molecular complexity index is 529. The van der Waals surface area contributed by atoms with E-state index in [1.54, 1.807) is 0 Å². The lowest BCUT2D eigenvalue weighted by Gasteiger charge is -2.22. The molecule has 8 heteroatoms. The Morgan fingerprint density at radius 3 is 2.27 bits per heavy atom. The molecule has 22 heavy (non-hydrogen) atoms. The summed E-state index contributed by atoms with van der Waals surface area (Å²) in [7, 11) is 0. The van der Waals surface area contributed by atoms with Crippen molar-refractivity contribution in [1.29, 1.82) is 0 Å². The van der Waals surface area contributed by atoms with E-state index in [1.807, 2.05) is 6.92 Å². The molecule has 0 radical (unpaired) electrons. The molecule has 122 valence electrons. The Morgan fingerprint density at radius 1 is 1.18 bits per heavy atom. The number of benzene rings is 1. The summed E-state index contributed by atoms with van der Waals surface area (Å²) in [5, 5.41) is 3.24. The average Bonchev–Trinajstić information content (AvgIpc) is 2.39. The van der Waals surface area contributed by atoms with Gasteiger partial charge < -0.3 is 9.64 Å². The Hall–Kier alpha value is -1.17. The quantitative estimate of drug-likeness (QED) is 0.827. The lowest BCUT2D eigenvalue weighted by Crippen LogP contribution is -2.44. The maximum Gasteiger partial charge on any atom is 0.324 e. The molecule has 0 saturated carbocycles. The van der Waals surface area contributed by atoms with Crippen LogP contribution in [0.1, 0.15) is 20.3 Å². The third-order valence-electron chi connectivity index (χ3n) is 2.63. The van der Waals surface area contributed by atoms with Crippen LogP contribution in [0.4, 0.5) is 4.79 Å². The molecular formula is C14H17Cl3N2O3. The van der Waals surface area contributed by atoms with Crippen molar-refractivity contribution < 1.29 is 14.3 Å². The molecule has 0 heterocycles. The highest BCUT2D eigenvalue weighted by molar-refractivity contribution is 6.40. The second-order valence-corrected chi connectivity index (χ2v) is 5.77. The number of rotatable bonds is 6. The molecule has 0 fully saturated rings. The minimum atomic E-state index is -0.453. The molecule has 0 spiro atoms. The first-order chi connectivity index (χ1) is 10.3. The maximum absolute atomic E-state index is 11.8. The van der Waals surface area contributed by atoms with E-state index in [9.17, 15) is 9.59 Å². The summed E-state index contributed by atoms with van der Waals surface area (Å²) in [6.45, 7) is 4.20. The zero-order valence-corrected chi connectivity index (χ0v) is 14.6. The van der Waals surface area contributed by atoms with Crippen molar-refractivity contribution in [2.45, 2.75) is 20.3 Å². The number of hydrogen-bond acceptors (Lipinski definition) is 3. The summed E-state index contributed by atoms with van der Waals surface area (Å²) in [4.78, 5) is 24.3. The van der Waals surface area contributed by atoms with Gasteiger partial charge in [0.15, 0.2) is 5.75 Å². The van der Waals surface area contributed by atoms with Gasteiger partial charge in [0.05, 0.1) is 16.6 Å². The summed E-state index contributed by atoms with van der Waals surface area (Å²) >= 11 is 17.8. The lowest BCUT2D eigenvalue weighted by molar-refractivity contribution is -0.118. The van der Waals surface area contributed by atoms with Crippen LogP contribution in [-0.2, 0) is 4.79 Å². The average molecular weight is 368 g/mol. The fraction of sp³-hybridized carbons (Fsp3) is 0.429. The van der Waals surface area contributed by atoms with E-state index in [4.69, 9.17) is 39.5 Å². The number of urea groups is 1. The van der Waals surface area contributed by atoms with Crippen molar-refractivity contribution in [3.05, 3.63) is 27.2 Å². The number of hydrogen-bond donors (Lipinski definition) is 1. The minimum Gasteiger partial charge on any atom is -0.489 e. The zero-order valence-electron chi connectivity index (χ0n) is 12.3. The molecule has 0 aliphatic heterocycles. The van der Waals surface area contributed by atoms with Crippen molar-refractivity contribution in [2.75, 3.05) is 19.7 Å². The van der Waals surface area contributed by atoms with Gasteiger partial charge in [0.25, 0.3) is 0 Å². The number of carbonyl (C=O) groups excluding carboxylic acids is 2. The molecule has 0 atom stereocenters. The number of halogens is 3. The zero-order chi connectivity index (χ0) is 16.7. The van der Waals surface area contributed by atoms with E-state index in [0.717, 1.165) is 6.42 Å². The first-order valence-corrected chi connectivity index (χ1v) is 7.82. The van der Waals surface area contributed by atoms with Crippen LogP contribution in [0.15, 0.2) is 12.1 Å². The van der Waals surface area contributed by atoms with Crippen LogP contribution in [0.3, 0.4) is 0 Å². The van der Waals surface area contributed by atoms with Gasteiger partial charge in [-0.15, -0.1) is 0 Å². The highest BCUT2D eigenvalue weighted by Gasteiger charge is 2.15. The third-order valence-corrected chi connectivity index (χ3v) is 3.41. The number of carbonyl (C=O) groups is 2. The standard InChI is InChI=1S/C14H17Cl3N2O3/c1-3-4-19(14(21)18-9(2)20)5-6-22-13-11(16)7-10(15)8-12(13)17/h7-8H,3-6H2,1-2H3,(H,18,20,21). The summed E-state index contributed by atoms with van der Waals surface area (Å²) in [6, 6.07) is 2.60. The number of ether oxygens (including phenoxy) is 1. The Balaban J connectivity index is 2.63. The molecule has 1 N–H and O–H groups in total. The van der Waals surface area contributed by atoms with Gasteiger partial charge in [0.2, 0.25) is 5.91 Å². The maximum atomic E-state index is 11.8. The molecule has 1 aromatic rings. The molecule has 0 aromatic heterocycles. The van der Waals surface area contributed by atoms with Crippen molar-refractivity contribution in [3.8, 4) is 5.75 Å². The van der Waals surface area contributed by atoms with E-state index < -0.39 is 11.9 Å².